The third-order valence-corrected chi connectivity index (χ3v) is 6.66. The Bertz CT molecular complexity index is 842. The van der Waals surface area contributed by atoms with Gasteiger partial charge in [0.1, 0.15) is 0 Å². The number of halogens is 1. The molecule has 0 aromatic heterocycles. The minimum absolute atomic E-state index is 0.0690. The number of amides is 1. The molecule has 0 unspecified atom stereocenters. The fourth-order valence-electron chi connectivity index (χ4n) is 4.50. The molecule has 1 amide bonds. The van der Waals surface area contributed by atoms with Crippen molar-refractivity contribution in [2.24, 2.45) is 5.92 Å². The second-order valence-corrected chi connectivity index (χ2v) is 8.66. The Morgan fingerprint density at radius 1 is 1.14 bits per heavy atom. The first kappa shape index (κ1) is 19.5. The fourth-order valence-corrected chi connectivity index (χ4v) is 4.69. The van der Waals surface area contributed by atoms with E-state index in [1.807, 2.05) is 18.2 Å². The maximum absolute atomic E-state index is 12.8. The number of carbonyl (C=O) groups is 1. The lowest BCUT2D eigenvalue weighted by molar-refractivity contribution is -0.127. The second-order valence-electron chi connectivity index (χ2n) is 8.25. The van der Waals surface area contributed by atoms with E-state index in [1.165, 1.54) is 36.0 Å². The van der Waals surface area contributed by atoms with E-state index in [2.05, 4.69) is 41.4 Å². The molecule has 4 rings (SSSR count). The number of nitrogens with one attached hydrogen (secondary N) is 1. The van der Waals surface area contributed by atoms with Gasteiger partial charge >= 0.3 is 0 Å². The van der Waals surface area contributed by atoms with E-state index in [-0.39, 0.29) is 17.9 Å². The van der Waals surface area contributed by atoms with Gasteiger partial charge in [-0.25, -0.2) is 0 Å². The highest BCUT2D eigenvalue weighted by Gasteiger charge is 2.26. The largest absolute Gasteiger partial charge is 0.349 e. The summed E-state index contributed by atoms with van der Waals surface area (Å²) in [6.07, 6.45) is 5.45. The van der Waals surface area contributed by atoms with Crippen LogP contribution in [0.5, 0.6) is 0 Å². The van der Waals surface area contributed by atoms with Crippen LogP contribution in [-0.4, -0.2) is 23.9 Å². The van der Waals surface area contributed by atoms with Crippen molar-refractivity contribution in [3.05, 3.63) is 69.7 Å². The summed E-state index contributed by atoms with van der Waals surface area (Å²) in [5.41, 5.74) is 5.34. The predicted molar refractivity (Wildman–Crippen MR) is 114 cm³/mol. The van der Waals surface area contributed by atoms with Crippen LogP contribution in [0, 0.1) is 5.92 Å². The standard InChI is InChI=1S/C24H29ClN2O/c1-17(20-10-9-18-6-4-7-21(18)15-20)26-24(28)19-11-13-27(14-12-19)16-22-5-2-3-8-23(22)25/h2-3,5,8-10,15,17,19H,4,6-7,11-14,16H2,1H3,(H,26,28)/t17-/m1/s1. The van der Waals surface area contributed by atoms with Crippen molar-refractivity contribution >= 4 is 17.5 Å². The van der Waals surface area contributed by atoms with Gasteiger partial charge in [-0.1, -0.05) is 48.0 Å². The lowest BCUT2D eigenvalue weighted by atomic mass is 9.94. The maximum Gasteiger partial charge on any atom is 0.223 e. The molecule has 2 aromatic carbocycles. The summed E-state index contributed by atoms with van der Waals surface area (Å²) in [5.74, 6) is 0.310. The summed E-state index contributed by atoms with van der Waals surface area (Å²) >= 11 is 6.28. The van der Waals surface area contributed by atoms with Crippen molar-refractivity contribution < 1.29 is 4.79 Å². The van der Waals surface area contributed by atoms with Crippen molar-refractivity contribution in [2.45, 2.75) is 51.6 Å². The number of carbonyl (C=O) groups excluding carboxylic acids is 1. The zero-order valence-corrected chi connectivity index (χ0v) is 17.3. The highest BCUT2D eigenvalue weighted by molar-refractivity contribution is 6.31. The summed E-state index contributed by atoms with van der Waals surface area (Å²) in [4.78, 5) is 15.2. The van der Waals surface area contributed by atoms with Crippen molar-refractivity contribution in [3.8, 4) is 0 Å². The molecule has 0 radical (unpaired) electrons. The van der Waals surface area contributed by atoms with E-state index in [0.717, 1.165) is 43.1 Å². The zero-order chi connectivity index (χ0) is 19.5. The monoisotopic (exact) mass is 396 g/mol. The molecular weight excluding hydrogens is 368 g/mol. The fraction of sp³-hybridized carbons (Fsp3) is 0.458. The van der Waals surface area contributed by atoms with Crippen LogP contribution >= 0.6 is 11.6 Å². The summed E-state index contributed by atoms with van der Waals surface area (Å²) in [7, 11) is 0. The Hall–Kier alpha value is -1.84. The molecule has 1 fully saturated rings. The molecular formula is C24H29ClN2O. The summed E-state index contributed by atoms with van der Waals surface area (Å²) < 4.78 is 0. The predicted octanol–water partition coefficient (Wildman–Crippen LogP) is 4.92. The molecule has 148 valence electrons. The lowest BCUT2D eigenvalue weighted by Gasteiger charge is -2.32. The molecule has 28 heavy (non-hydrogen) atoms. The highest BCUT2D eigenvalue weighted by Crippen LogP contribution is 2.27. The van der Waals surface area contributed by atoms with E-state index >= 15 is 0 Å². The van der Waals surface area contributed by atoms with Gasteiger partial charge in [-0.2, -0.15) is 0 Å². The molecule has 1 saturated heterocycles. The highest BCUT2D eigenvalue weighted by atomic mass is 35.5. The van der Waals surface area contributed by atoms with Gasteiger partial charge in [-0.15, -0.1) is 0 Å². The van der Waals surface area contributed by atoms with Gasteiger partial charge in [0.25, 0.3) is 0 Å². The first-order valence-electron chi connectivity index (χ1n) is 10.5. The molecule has 0 bridgehead atoms. The van der Waals surface area contributed by atoms with Gasteiger partial charge in [-0.3, -0.25) is 9.69 Å². The normalized spacial score (nSPS) is 18.6. The van der Waals surface area contributed by atoms with E-state index in [4.69, 9.17) is 11.6 Å². The number of benzene rings is 2. The molecule has 1 aliphatic heterocycles. The molecule has 4 heteroatoms. The van der Waals surface area contributed by atoms with Crippen LogP contribution in [0.3, 0.4) is 0 Å². The molecule has 1 aliphatic carbocycles. The van der Waals surface area contributed by atoms with E-state index in [9.17, 15) is 4.79 Å². The van der Waals surface area contributed by atoms with E-state index in [1.54, 1.807) is 0 Å². The minimum Gasteiger partial charge on any atom is -0.349 e. The number of aryl methyl sites for hydroxylation is 2. The number of nitrogens with zero attached hydrogens (tertiary/aromatic N) is 1. The maximum atomic E-state index is 12.8. The first-order chi connectivity index (χ1) is 13.6. The molecule has 2 aliphatic rings. The minimum atomic E-state index is 0.0690. The quantitative estimate of drug-likeness (QED) is 0.778. The summed E-state index contributed by atoms with van der Waals surface area (Å²) in [6, 6.07) is 14.8. The Kier molecular flexibility index (Phi) is 6.03. The van der Waals surface area contributed by atoms with Crippen LogP contribution in [0.1, 0.15) is 54.5 Å². The lowest BCUT2D eigenvalue weighted by Crippen LogP contribution is -2.40. The molecule has 0 saturated carbocycles. The van der Waals surface area contributed by atoms with Crippen molar-refractivity contribution in [1.82, 2.24) is 10.2 Å². The van der Waals surface area contributed by atoms with Crippen LogP contribution in [0.15, 0.2) is 42.5 Å². The topological polar surface area (TPSA) is 32.3 Å². The van der Waals surface area contributed by atoms with Crippen LogP contribution in [0.25, 0.3) is 0 Å². The van der Waals surface area contributed by atoms with Gasteiger partial charge in [0, 0.05) is 17.5 Å². The average Bonchev–Trinajstić information content (AvgIpc) is 3.18. The number of fused-ring (bicyclic) bond motifs is 1. The van der Waals surface area contributed by atoms with E-state index in [0.29, 0.717) is 0 Å². The number of piperidine rings is 1. The Balaban J connectivity index is 1.28. The van der Waals surface area contributed by atoms with Crippen molar-refractivity contribution in [3.63, 3.8) is 0 Å². The van der Waals surface area contributed by atoms with E-state index < -0.39 is 0 Å². The Morgan fingerprint density at radius 2 is 1.89 bits per heavy atom. The van der Waals surface area contributed by atoms with Gasteiger partial charge in [0.2, 0.25) is 5.91 Å². The number of likely N-dealkylation sites (tertiary alicyclic amines) is 1. The van der Waals surface area contributed by atoms with Gasteiger partial charge < -0.3 is 5.32 Å². The van der Waals surface area contributed by atoms with Gasteiger partial charge in [0.15, 0.2) is 0 Å². The number of hydrogen-bond acceptors (Lipinski definition) is 2. The summed E-state index contributed by atoms with van der Waals surface area (Å²) in [6.45, 7) is 4.84. The molecule has 0 spiro atoms. The van der Waals surface area contributed by atoms with Crippen molar-refractivity contribution in [2.75, 3.05) is 13.1 Å². The van der Waals surface area contributed by atoms with Crippen LogP contribution in [-0.2, 0) is 24.2 Å². The van der Waals surface area contributed by atoms with Crippen LogP contribution in [0.2, 0.25) is 5.02 Å². The van der Waals surface area contributed by atoms with Crippen LogP contribution < -0.4 is 5.32 Å². The molecule has 2 aromatic rings. The van der Waals surface area contributed by atoms with Crippen LogP contribution in [0.4, 0.5) is 0 Å². The van der Waals surface area contributed by atoms with Gasteiger partial charge in [-0.05, 0) is 80.4 Å². The van der Waals surface area contributed by atoms with Gasteiger partial charge in [0.05, 0.1) is 6.04 Å². The Morgan fingerprint density at radius 3 is 2.68 bits per heavy atom. The third-order valence-electron chi connectivity index (χ3n) is 6.29. The first-order valence-corrected chi connectivity index (χ1v) is 10.9. The van der Waals surface area contributed by atoms with Crippen molar-refractivity contribution in [1.29, 1.82) is 0 Å². The summed E-state index contributed by atoms with van der Waals surface area (Å²) in [5, 5.41) is 4.08. The average molecular weight is 397 g/mol. The zero-order valence-electron chi connectivity index (χ0n) is 16.6. The third kappa shape index (κ3) is 4.42. The molecule has 3 nitrogen and oxygen atoms in total. The smallest absolute Gasteiger partial charge is 0.223 e. The SMILES string of the molecule is C[C@@H](NC(=O)C1CCN(Cc2ccccc2Cl)CC1)c1ccc2c(c1)CCC2. The number of rotatable bonds is 5. The second kappa shape index (κ2) is 8.67. The molecule has 1 N–H and O–H groups in total. The molecule has 1 heterocycles. The number of hydrogen-bond donors (Lipinski definition) is 1. The Labute approximate surface area is 173 Å². The molecule has 1 atom stereocenters.